The van der Waals surface area contributed by atoms with Crippen molar-refractivity contribution in [2.45, 2.75) is 45.1 Å². The zero-order chi connectivity index (χ0) is 15.2. The molecule has 0 N–H and O–H groups in total. The molecule has 4 nitrogen and oxygen atoms in total. The topological polar surface area (TPSA) is 46.6 Å². The molecule has 1 fully saturated rings. The third-order valence-electron chi connectivity index (χ3n) is 4.01. The molecule has 2 unspecified atom stereocenters. The van der Waals surface area contributed by atoms with E-state index in [2.05, 4.69) is 0 Å². The highest BCUT2D eigenvalue weighted by Gasteiger charge is 2.35. The Morgan fingerprint density at radius 3 is 2.67 bits per heavy atom. The summed E-state index contributed by atoms with van der Waals surface area (Å²) in [5.41, 5.74) is 0.982. The van der Waals surface area contributed by atoms with Crippen molar-refractivity contribution in [2.75, 3.05) is 13.2 Å². The van der Waals surface area contributed by atoms with E-state index >= 15 is 0 Å². The van der Waals surface area contributed by atoms with Crippen molar-refractivity contribution in [1.82, 2.24) is 4.90 Å². The zero-order valence-corrected chi connectivity index (χ0v) is 12.7. The molecule has 1 saturated heterocycles. The van der Waals surface area contributed by atoms with Crippen LogP contribution in [0.15, 0.2) is 30.3 Å². The number of ether oxygens (including phenoxy) is 1. The van der Waals surface area contributed by atoms with Crippen LogP contribution in [-0.2, 0) is 14.3 Å². The van der Waals surface area contributed by atoms with Crippen molar-refractivity contribution in [3.63, 3.8) is 0 Å². The number of nitrogens with zero attached hydrogens (tertiary/aromatic N) is 1. The Balaban J connectivity index is 2.13. The average Bonchev–Trinajstić information content (AvgIpc) is 2.54. The first-order valence-corrected chi connectivity index (χ1v) is 7.67. The van der Waals surface area contributed by atoms with Gasteiger partial charge in [0.2, 0.25) is 5.91 Å². The molecule has 0 spiro atoms. The number of benzene rings is 1. The molecule has 1 aromatic carbocycles. The predicted molar refractivity (Wildman–Crippen MR) is 80.8 cm³/mol. The van der Waals surface area contributed by atoms with E-state index < -0.39 is 6.04 Å². The normalized spacial score (nSPS) is 19.9. The molecule has 1 heterocycles. The van der Waals surface area contributed by atoms with Gasteiger partial charge in [0, 0.05) is 6.54 Å². The molecule has 2 atom stereocenters. The number of hydrogen-bond donors (Lipinski definition) is 0. The van der Waals surface area contributed by atoms with Crippen molar-refractivity contribution in [3.8, 4) is 0 Å². The van der Waals surface area contributed by atoms with Gasteiger partial charge in [0.1, 0.15) is 6.04 Å². The fraction of sp³-hybridized carbons (Fsp3) is 0.529. The van der Waals surface area contributed by atoms with Crippen LogP contribution in [0, 0.1) is 0 Å². The van der Waals surface area contributed by atoms with E-state index in [0.29, 0.717) is 19.6 Å². The highest BCUT2D eigenvalue weighted by atomic mass is 16.5. The van der Waals surface area contributed by atoms with Gasteiger partial charge in [0.15, 0.2) is 0 Å². The van der Waals surface area contributed by atoms with Crippen molar-refractivity contribution < 1.29 is 14.3 Å². The minimum atomic E-state index is -0.419. The molecule has 0 aliphatic carbocycles. The van der Waals surface area contributed by atoms with Gasteiger partial charge in [-0.25, -0.2) is 4.79 Å². The van der Waals surface area contributed by atoms with Crippen LogP contribution in [0.4, 0.5) is 0 Å². The van der Waals surface area contributed by atoms with Crippen molar-refractivity contribution >= 4 is 11.9 Å². The third-order valence-corrected chi connectivity index (χ3v) is 4.01. The summed E-state index contributed by atoms with van der Waals surface area (Å²) in [6.07, 6.45) is 2.61. The SMILES string of the molecule is CCOC(=O)C1CCCCN1C(=O)C(C)c1ccccc1. The highest BCUT2D eigenvalue weighted by Crippen LogP contribution is 2.24. The first-order chi connectivity index (χ1) is 10.1. The fourth-order valence-electron chi connectivity index (χ4n) is 2.81. The summed E-state index contributed by atoms with van der Waals surface area (Å²) in [6, 6.07) is 9.27. The second-order valence-corrected chi connectivity index (χ2v) is 5.43. The summed E-state index contributed by atoms with van der Waals surface area (Å²) >= 11 is 0. The maximum absolute atomic E-state index is 12.7. The third kappa shape index (κ3) is 3.63. The predicted octanol–water partition coefficient (Wildman–Crippen LogP) is 2.73. The number of amides is 1. The Kier molecular flexibility index (Phi) is 5.37. The summed E-state index contributed by atoms with van der Waals surface area (Å²) in [7, 11) is 0. The van der Waals surface area contributed by atoms with E-state index in [-0.39, 0.29) is 17.8 Å². The maximum Gasteiger partial charge on any atom is 0.328 e. The van der Waals surface area contributed by atoms with Gasteiger partial charge in [0.05, 0.1) is 12.5 Å². The first kappa shape index (κ1) is 15.5. The van der Waals surface area contributed by atoms with Crippen LogP contribution in [0.5, 0.6) is 0 Å². The van der Waals surface area contributed by atoms with Crippen LogP contribution >= 0.6 is 0 Å². The van der Waals surface area contributed by atoms with Crippen LogP contribution in [0.1, 0.15) is 44.6 Å². The molecule has 2 rings (SSSR count). The lowest BCUT2D eigenvalue weighted by molar-refractivity contribution is -0.157. The molecule has 0 aromatic heterocycles. The number of carbonyl (C=O) groups excluding carboxylic acids is 2. The smallest absolute Gasteiger partial charge is 0.328 e. The Bertz CT molecular complexity index is 486. The lowest BCUT2D eigenvalue weighted by Crippen LogP contribution is -2.50. The molecular weight excluding hydrogens is 266 g/mol. The largest absolute Gasteiger partial charge is 0.464 e. The monoisotopic (exact) mass is 289 g/mol. The minimum absolute atomic E-state index is 0.0129. The second kappa shape index (κ2) is 7.25. The van der Waals surface area contributed by atoms with Gasteiger partial charge in [0.25, 0.3) is 0 Å². The molecule has 4 heteroatoms. The van der Waals surface area contributed by atoms with Crippen molar-refractivity contribution in [3.05, 3.63) is 35.9 Å². The molecular formula is C17H23NO3. The molecule has 1 aliphatic heterocycles. The number of likely N-dealkylation sites (tertiary alicyclic amines) is 1. The molecule has 114 valence electrons. The van der Waals surface area contributed by atoms with Crippen molar-refractivity contribution in [2.24, 2.45) is 0 Å². The van der Waals surface area contributed by atoms with Crippen LogP contribution in [0.3, 0.4) is 0 Å². The average molecular weight is 289 g/mol. The van der Waals surface area contributed by atoms with Gasteiger partial charge in [-0.1, -0.05) is 30.3 Å². The summed E-state index contributed by atoms with van der Waals surface area (Å²) in [5.74, 6) is -0.494. The molecule has 1 aromatic rings. The molecule has 0 radical (unpaired) electrons. The Morgan fingerprint density at radius 2 is 2.00 bits per heavy atom. The lowest BCUT2D eigenvalue weighted by Gasteiger charge is -2.35. The molecule has 0 bridgehead atoms. The van der Waals surface area contributed by atoms with Gasteiger partial charge in [-0.3, -0.25) is 4.79 Å². The summed E-state index contributed by atoms with van der Waals surface area (Å²) < 4.78 is 5.11. The van der Waals surface area contributed by atoms with E-state index in [1.54, 1.807) is 11.8 Å². The van der Waals surface area contributed by atoms with Crippen LogP contribution in [-0.4, -0.2) is 36.0 Å². The number of hydrogen-bond acceptors (Lipinski definition) is 3. The Morgan fingerprint density at radius 1 is 1.29 bits per heavy atom. The zero-order valence-electron chi connectivity index (χ0n) is 12.7. The first-order valence-electron chi connectivity index (χ1n) is 7.67. The van der Waals surface area contributed by atoms with Gasteiger partial charge in [-0.2, -0.15) is 0 Å². The summed E-state index contributed by atoms with van der Waals surface area (Å²) in [4.78, 5) is 26.5. The maximum atomic E-state index is 12.7. The van der Waals surface area contributed by atoms with Gasteiger partial charge >= 0.3 is 5.97 Å². The van der Waals surface area contributed by atoms with Crippen LogP contribution in [0.2, 0.25) is 0 Å². The minimum Gasteiger partial charge on any atom is -0.464 e. The Labute approximate surface area is 126 Å². The fourth-order valence-corrected chi connectivity index (χ4v) is 2.81. The lowest BCUT2D eigenvalue weighted by atomic mass is 9.95. The number of rotatable bonds is 4. The van der Waals surface area contributed by atoms with E-state index in [9.17, 15) is 9.59 Å². The van der Waals surface area contributed by atoms with E-state index in [1.165, 1.54) is 0 Å². The Hall–Kier alpha value is -1.84. The van der Waals surface area contributed by atoms with Gasteiger partial charge in [-0.15, -0.1) is 0 Å². The van der Waals surface area contributed by atoms with E-state index in [4.69, 9.17) is 4.74 Å². The van der Waals surface area contributed by atoms with Gasteiger partial charge in [-0.05, 0) is 38.7 Å². The number of piperidine rings is 1. The standard InChI is InChI=1S/C17H23NO3/c1-3-21-17(20)15-11-7-8-12-18(15)16(19)13(2)14-9-5-4-6-10-14/h4-6,9-10,13,15H,3,7-8,11-12H2,1-2H3. The highest BCUT2D eigenvalue weighted by molar-refractivity contribution is 5.88. The summed E-state index contributed by atoms with van der Waals surface area (Å²) in [6.45, 7) is 4.68. The summed E-state index contributed by atoms with van der Waals surface area (Å²) in [5, 5.41) is 0. The molecule has 1 aliphatic rings. The van der Waals surface area contributed by atoms with Gasteiger partial charge < -0.3 is 9.64 Å². The quantitative estimate of drug-likeness (QED) is 0.801. The van der Waals surface area contributed by atoms with E-state index in [0.717, 1.165) is 18.4 Å². The number of carbonyl (C=O) groups is 2. The van der Waals surface area contributed by atoms with E-state index in [1.807, 2.05) is 37.3 Å². The van der Waals surface area contributed by atoms with Crippen LogP contribution in [0.25, 0.3) is 0 Å². The van der Waals surface area contributed by atoms with Crippen LogP contribution < -0.4 is 0 Å². The van der Waals surface area contributed by atoms with Crippen molar-refractivity contribution in [1.29, 1.82) is 0 Å². The molecule has 1 amide bonds. The molecule has 21 heavy (non-hydrogen) atoms. The second-order valence-electron chi connectivity index (χ2n) is 5.43. The number of esters is 1. The molecule has 0 saturated carbocycles.